The SMILES string of the molecule is C=C(C)C(=O)Oc1c2c(c(OC)c3cc(Cl)ccc13)C1C=C(CC)C2C1. The van der Waals surface area contributed by atoms with Crippen molar-refractivity contribution < 1.29 is 14.3 Å². The minimum Gasteiger partial charge on any atom is -0.496 e. The summed E-state index contributed by atoms with van der Waals surface area (Å²) in [6.07, 6.45) is 4.35. The molecule has 2 aliphatic rings. The molecule has 0 amide bonds. The molecule has 0 heterocycles. The summed E-state index contributed by atoms with van der Waals surface area (Å²) in [6.45, 7) is 7.55. The van der Waals surface area contributed by atoms with Gasteiger partial charge >= 0.3 is 5.97 Å². The quantitative estimate of drug-likeness (QED) is 0.291. The molecular weight excluding hydrogens is 348 g/mol. The molecule has 2 atom stereocenters. The van der Waals surface area contributed by atoms with Crippen molar-refractivity contribution in [3.63, 3.8) is 0 Å². The minimum atomic E-state index is -0.404. The van der Waals surface area contributed by atoms with Crippen LogP contribution in [0.15, 0.2) is 42.0 Å². The van der Waals surface area contributed by atoms with Gasteiger partial charge < -0.3 is 9.47 Å². The Labute approximate surface area is 158 Å². The zero-order valence-electron chi connectivity index (χ0n) is 15.2. The lowest BCUT2D eigenvalue weighted by Crippen LogP contribution is -2.13. The van der Waals surface area contributed by atoms with E-state index in [0.717, 1.165) is 40.5 Å². The first-order valence-corrected chi connectivity index (χ1v) is 9.25. The average Bonchev–Trinajstić information content (AvgIpc) is 3.19. The van der Waals surface area contributed by atoms with Crippen LogP contribution < -0.4 is 9.47 Å². The maximum atomic E-state index is 12.3. The van der Waals surface area contributed by atoms with Crippen LogP contribution in [-0.2, 0) is 4.79 Å². The Morgan fingerprint density at radius 2 is 2.04 bits per heavy atom. The highest BCUT2D eigenvalue weighted by atomic mass is 35.5. The predicted molar refractivity (Wildman–Crippen MR) is 104 cm³/mol. The summed E-state index contributed by atoms with van der Waals surface area (Å²) in [4.78, 5) is 12.3. The van der Waals surface area contributed by atoms with Gasteiger partial charge in [-0.2, -0.15) is 0 Å². The second-order valence-corrected chi connectivity index (χ2v) is 7.48. The molecule has 2 bridgehead atoms. The van der Waals surface area contributed by atoms with Gasteiger partial charge in [0.25, 0.3) is 0 Å². The van der Waals surface area contributed by atoms with E-state index in [1.807, 2.05) is 18.2 Å². The fourth-order valence-electron chi connectivity index (χ4n) is 4.38. The molecule has 0 saturated carbocycles. The van der Waals surface area contributed by atoms with Crippen molar-refractivity contribution in [2.24, 2.45) is 0 Å². The summed E-state index contributed by atoms with van der Waals surface area (Å²) in [6, 6.07) is 5.60. The van der Waals surface area contributed by atoms with Crippen LogP contribution in [0.25, 0.3) is 10.8 Å². The van der Waals surface area contributed by atoms with E-state index in [2.05, 4.69) is 19.6 Å². The van der Waals surface area contributed by atoms with Gasteiger partial charge in [0.2, 0.25) is 0 Å². The molecule has 0 N–H and O–H groups in total. The molecule has 2 aromatic rings. The second kappa shape index (κ2) is 6.17. The molecule has 2 aromatic carbocycles. The first-order valence-electron chi connectivity index (χ1n) is 8.87. The Morgan fingerprint density at radius 3 is 2.69 bits per heavy atom. The zero-order chi connectivity index (χ0) is 18.6. The molecule has 2 unspecified atom stereocenters. The van der Waals surface area contributed by atoms with Gasteiger partial charge in [0.1, 0.15) is 11.5 Å². The van der Waals surface area contributed by atoms with Crippen LogP contribution in [0.2, 0.25) is 5.02 Å². The van der Waals surface area contributed by atoms with Gasteiger partial charge in [-0.15, -0.1) is 0 Å². The molecule has 3 nitrogen and oxygen atoms in total. The van der Waals surface area contributed by atoms with Crippen LogP contribution in [0.4, 0.5) is 0 Å². The Morgan fingerprint density at radius 1 is 1.27 bits per heavy atom. The molecule has 4 heteroatoms. The number of methoxy groups -OCH3 is 1. The summed E-state index contributed by atoms with van der Waals surface area (Å²) < 4.78 is 11.7. The summed E-state index contributed by atoms with van der Waals surface area (Å²) in [7, 11) is 1.69. The van der Waals surface area contributed by atoms with Gasteiger partial charge in [-0.05, 0) is 38.0 Å². The number of hydrogen-bond donors (Lipinski definition) is 0. The summed E-state index contributed by atoms with van der Waals surface area (Å²) >= 11 is 6.24. The average molecular weight is 369 g/mol. The van der Waals surface area contributed by atoms with Gasteiger partial charge in [-0.25, -0.2) is 4.79 Å². The number of fused-ring (bicyclic) bond motifs is 6. The van der Waals surface area contributed by atoms with Gasteiger partial charge in [0.05, 0.1) is 7.11 Å². The van der Waals surface area contributed by atoms with Gasteiger partial charge in [0.15, 0.2) is 0 Å². The lowest BCUT2D eigenvalue weighted by atomic mass is 9.86. The topological polar surface area (TPSA) is 35.5 Å². The van der Waals surface area contributed by atoms with Crippen molar-refractivity contribution in [3.8, 4) is 11.5 Å². The number of carbonyl (C=O) groups excluding carboxylic acids is 1. The van der Waals surface area contributed by atoms with E-state index >= 15 is 0 Å². The highest BCUT2D eigenvalue weighted by Gasteiger charge is 2.43. The van der Waals surface area contributed by atoms with Crippen molar-refractivity contribution in [3.05, 3.63) is 58.1 Å². The Kier molecular flexibility index (Phi) is 4.07. The van der Waals surface area contributed by atoms with Gasteiger partial charge in [-0.3, -0.25) is 0 Å². The molecule has 0 saturated heterocycles. The van der Waals surface area contributed by atoms with Crippen LogP contribution in [0.3, 0.4) is 0 Å². The maximum Gasteiger partial charge on any atom is 0.338 e. The second-order valence-electron chi connectivity index (χ2n) is 7.04. The number of ether oxygens (including phenoxy) is 2. The van der Waals surface area contributed by atoms with E-state index in [4.69, 9.17) is 21.1 Å². The zero-order valence-corrected chi connectivity index (χ0v) is 15.9. The molecule has 0 spiro atoms. The lowest BCUT2D eigenvalue weighted by Gasteiger charge is -2.24. The van der Waals surface area contributed by atoms with Crippen LogP contribution in [0.1, 0.15) is 49.7 Å². The van der Waals surface area contributed by atoms with Crippen LogP contribution in [-0.4, -0.2) is 13.1 Å². The molecule has 0 aromatic heterocycles. The fourth-order valence-corrected chi connectivity index (χ4v) is 4.55. The van der Waals surface area contributed by atoms with Gasteiger partial charge in [-0.1, -0.05) is 36.8 Å². The first kappa shape index (κ1) is 17.2. The smallest absolute Gasteiger partial charge is 0.338 e. The number of hydrogen-bond acceptors (Lipinski definition) is 3. The fraction of sp³-hybridized carbons (Fsp3) is 0.318. The van der Waals surface area contributed by atoms with Crippen LogP contribution in [0.5, 0.6) is 11.5 Å². The number of esters is 1. The van der Waals surface area contributed by atoms with Crippen molar-refractivity contribution >= 4 is 28.3 Å². The summed E-state index contributed by atoms with van der Waals surface area (Å²) in [5.41, 5.74) is 4.01. The Hall–Kier alpha value is -2.26. The van der Waals surface area contributed by atoms with Gasteiger partial charge in [0, 0.05) is 44.3 Å². The molecule has 2 aliphatic carbocycles. The Balaban J connectivity index is 2.05. The molecule has 0 radical (unpaired) electrons. The standard InChI is InChI=1S/C22H21ClO3/c1-5-12-8-13-9-16(12)19-18(13)20(25-4)17-10-14(23)6-7-15(17)21(19)26-22(24)11(2)3/h6-8,10,13,16H,2,5,9H2,1,3-4H3. The molecule has 0 fully saturated rings. The van der Waals surface area contributed by atoms with E-state index in [-0.39, 0.29) is 5.92 Å². The molecule has 26 heavy (non-hydrogen) atoms. The molecular formula is C22H21ClO3. The van der Waals surface area contributed by atoms with Crippen LogP contribution >= 0.6 is 11.6 Å². The maximum absolute atomic E-state index is 12.3. The largest absolute Gasteiger partial charge is 0.496 e. The predicted octanol–water partition coefficient (Wildman–Crippen LogP) is 5.90. The molecule has 4 rings (SSSR count). The monoisotopic (exact) mass is 368 g/mol. The van der Waals surface area contributed by atoms with E-state index < -0.39 is 5.97 Å². The van der Waals surface area contributed by atoms with Crippen molar-refractivity contribution in [2.45, 2.75) is 38.5 Å². The molecule has 134 valence electrons. The normalized spacial score (nSPS) is 20.1. The van der Waals surface area contributed by atoms with E-state index in [9.17, 15) is 4.79 Å². The first-order chi connectivity index (χ1) is 12.5. The highest BCUT2D eigenvalue weighted by Crippen LogP contribution is 2.61. The number of carbonyl (C=O) groups is 1. The highest BCUT2D eigenvalue weighted by molar-refractivity contribution is 6.31. The summed E-state index contributed by atoms with van der Waals surface area (Å²) in [5, 5.41) is 2.35. The summed E-state index contributed by atoms with van der Waals surface area (Å²) in [5.74, 6) is 1.64. The number of halogens is 1. The van der Waals surface area contributed by atoms with E-state index in [1.54, 1.807) is 14.0 Å². The third kappa shape index (κ3) is 2.38. The van der Waals surface area contributed by atoms with E-state index in [0.29, 0.717) is 22.3 Å². The number of rotatable bonds is 4. The third-order valence-corrected chi connectivity index (χ3v) is 5.71. The lowest BCUT2D eigenvalue weighted by molar-refractivity contribution is -0.130. The molecule has 0 aliphatic heterocycles. The van der Waals surface area contributed by atoms with Crippen molar-refractivity contribution in [2.75, 3.05) is 7.11 Å². The van der Waals surface area contributed by atoms with Crippen LogP contribution in [0, 0.1) is 0 Å². The Bertz CT molecular complexity index is 987. The van der Waals surface area contributed by atoms with E-state index in [1.165, 1.54) is 5.57 Å². The minimum absolute atomic E-state index is 0.280. The number of benzene rings is 2. The van der Waals surface area contributed by atoms with Crippen molar-refractivity contribution in [1.29, 1.82) is 0 Å². The third-order valence-electron chi connectivity index (χ3n) is 5.48. The van der Waals surface area contributed by atoms with Crippen molar-refractivity contribution in [1.82, 2.24) is 0 Å². The number of allylic oxidation sites excluding steroid dienone is 2.